The van der Waals surface area contributed by atoms with Gasteiger partial charge in [-0.3, -0.25) is 0 Å². The average Bonchev–Trinajstić information content (AvgIpc) is 2.83. The van der Waals surface area contributed by atoms with E-state index in [9.17, 15) is 0 Å². The minimum Gasteiger partial charge on any atom is -0.353 e. The van der Waals surface area contributed by atoms with Crippen LogP contribution in [-0.4, -0.2) is 22.6 Å². The molecule has 5 heteroatoms. The van der Waals surface area contributed by atoms with Crippen LogP contribution >= 0.6 is 0 Å². The van der Waals surface area contributed by atoms with Crippen LogP contribution in [0.4, 0.5) is 11.6 Å². The normalized spacial score (nSPS) is 27.1. The molecular formula is C13H21N5. The van der Waals surface area contributed by atoms with Crippen molar-refractivity contribution in [3.8, 4) is 0 Å². The molecule has 0 bridgehead atoms. The molecule has 0 spiro atoms. The number of nitrogen functional groups attached to an aromatic ring is 1. The third-order valence-electron chi connectivity index (χ3n) is 4.48. The van der Waals surface area contributed by atoms with Crippen molar-refractivity contribution >= 4 is 11.6 Å². The van der Waals surface area contributed by atoms with E-state index in [0.717, 1.165) is 29.7 Å². The molecule has 1 saturated heterocycles. The van der Waals surface area contributed by atoms with Crippen molar-refractivity contribution in [2.75, 3.05) is 16.9 Å². The highest BCUT2D eigenvalue weighted by Crippen LogP contribution is 2.39. The first-order valence-corrected chi connectivity index (χ1v) is 6.86. The Hall–Kier alpha value is -1.36. The molecule has 3 N–H and O–H groups in total. The average molecular weight is 247 g/mol. The summed E-state index contributed by atoms with van der Waals surface area (Å²) in [6.07, 6.45) is 8.34. The van der Waals surface area contributed by atoms with Crippen molar-refractivity contribution < 1.29 is 0 Å². The molecule has 98 valence electrons. The summed E-state index contributed by atoms with van der Waals surface area (Å²) in [5.41, 5.74) is 3.71. The van der Waals surface area contributed by atoms with Crippen molar-refractivity contribution in [2.24, 2.45) is 11.8 Å². The topological polar surface area (TPSA) is 67.1 Å². The Morgan fingerprint density at radius 2 is 2.11 bits per heavy atom. The van der Waals surface area contributed by atoms with Crippen LogP contribution in [-0.2, 0) is 0 Å². The maximum atomic E-state index is 5.49. The van der Waals surface area contributed by atoms with E-state index >= 15 is 0 Å². The Balaban J connectivity index is 1.90. The van der Waals surface area contributed by atoms with Gasteiger partial charge in [0.2, 0.25) is 0 Å². The van der Waals surface area contributed by atoms with Gasteiger partial charge in [-0.15, -0.1) is 0 Å². The van der Waals surface area contributed by atoms with Crippen LogP contribution in [0, 0.1) is 12.8 Å². The first-order valence-electron chi connectivity index (χ1n) is 6.86. The molecule has 2 fully saturated rings. The van der Waals surface area contributed by atoms with Crippen LogP contribution in [0.3, 0.4) is 0 Å². The maximum Gasteiger partial charge on any atom is 0.148 e. The van der Waals surface area contributed by atoms with E-state index in [1.54, 1.807) is 6.33 Å². The zero-order valence-corrected chi connectivity index (χ0v) is 10.9. The number of anilines is 2. The first kappa shape index (κ1) is 11.7. The minimum absolute atomic E-state index is 0.679. The summed E-state index contributed by atoms with van der Waals surface area (Å²) >= 11 is 0. The molecule has 2 atom stereocenters. The van der Waals surface area contributed by atoms with Gasteiger partial charge in [-0.1, -0.05) is 12.8 Å². The standard InChI is InChI=1S/C13H21N5/c1-9-12(17-14)15-8-16-13(9)18-7-6-10-4-2-3-5-11(10)18/h8,10-11H,2-7,14H2,1H3,(H,15,16,17). The van der Waals surface area contributed by atoms with Crippen molar-refractivity contribution in [1.29, 1.82) is 0 Å². The lowest BCUT2D eigenvalue weighted by Crippen LogP contribution is -2.36. The van der Waals surface area contributed by atoms with Gasteiger partial charge in [-0.2, -0.15) is 0 Å². The molecule has 1 saturated carbocycles. The van der Waals surface area contributed by atoms with Crippen LogP contribution in [0.2, 0.25) is 0 Å². The highest BCUT2D eigenvalue weighted by molar-refractivity contribution is 5.58. The van der Waals surface area contributed by atoms with Gasteiger partial charge in [0.05, 0.1) is 0 Å². The highest BCUT2D eigenvalue weighted by Gasteiger charge is 2.37. The van der Waals surface area contributed by atoms with Crippen LogP contribution in [0.5, 0.6) is 0 Å². The van der Waals surface area contributed by atoms with Gasteiger partial charge in [0.25, 0.3) is 0 Å². The van der Waals surface area contributed by atoms with E-state index in [4.69, 9.17) is 5.84 Å². The summed E-state index contributed by atoms with van der Waals surface area (Å²) in [6.45, 7) is 3.16. The largest absolute Gasteiger partial charge is 0.353 e. The van der Waals surface area contributed by atoms with Gasteiger partial charge in [0.1, 0.15) is 18.0 Å². The smallest absolute Gasteiger partial charge is 0.148 e. The fraction of sp³-hybridized carbons (Fsp3) is 0.692. The number of nitrogens with zero attached hydrogens (tertiary/aromatic N) is 3. The van der Waals surface area contributed by atoms with Crippen LogP contribution < -0.4 is 16.2 Å². The lowest BCUT2D eigenvalue weighted by molar-refractivity contribution is 0.341. The molecule has 1 aliphatic carbocycles. The van der Waals surface area contributed by atoms with Gasteiger partial charge in [-0.05, 0) is 32.1 Å². The summed E-state index contributed by atoms with van der Waals surface area (Å²) in [5, 5.41) is 0. The Labute approximate surface area is 108 Å². The predicted molar refractivity (Wildman–Crippen MR) is 72.3 cm³/mol. The number of nitrogens with one attached hydrogen (secondary N) is 1. The lowest BCUT2D eigenvalue weighted by atomic mass is 9.85. The Kier molecular flexibility index (Phi) is 3.07. The summed E-state index contributed by atoms with van der Waals surface area (Å²) < 4.78 is 0. The van der Waals surface area contributed by atoms with Crippen LogP contribution in [0.1, 0.15) is 37.7 Å². The minimum atomic E-state index is 0.679. The van der Waals surface area contributed by atoms with E-state index in [1.807, 2.05) is 6.92 Å². The molecule has 0 radical (unpaired) electrons. The van der Waals surface area contributed by atoms with E-state index in [-0.39, 0.29) is 0 Å². The molecule has 3 rings (SSSR count). The molecular weight excluding hydrogens is 226 g/mol. The summed E-state index contributed by atoms with van der Waals surface area (Å²) in [7, 11) is 0. The zero-order chi connectivity index (χ0) is 12.5. The number of nitrogens with two attached hydrogens (primary N) is 1. The third-order valence-corrected chi connectivity index (χ3v) is 4.48. The Morgan fingerprint density at radius 3 is 2.94 bits per heavy atom. The van der Waals surface area contributed by atoms with Gasteiger partial charge >= 0.3 is 0 Å². The van der Waals surface area contributed by atoms with Gasteiger partial charge in [0, 0.05) is 18.2 Å². The van der Waals surface area contributed by atoms with Crippen molar-refractivity contribution in [3.63, 3.8) is 0 Å². The monoisotopic (exact) mass is 247 g/mol. The van der Waals surface area contributed by atoms with Crippen LogP contribution in [0.25, 0.3) is 0 Å². The Bertz CT molecular complexity index is 433. The molecule has 5 nitrogen and oxygen atoms in total. The molecule has 18 heavy (non-hydrogen) atoms. The quantitative estimate of drug-likeness (QED) is 0.616. The Morgan fingerprint density at radius 1 is 1.28 bits per heavy atom. The van der Waals surface area contributed by atoms with E-state index < -0.39 is 0 Å². The molecule has 1 aliphatic heterocycles. The molecule has 0 amide bonds. The van der Waals surface area contributed by atoms with Crippen LogP contribution in [0.15, 0.2) is 6.33 Å². The highest BCUT2D eigenvalue weighted by atomic mass is 15.3. The number of fused-ring (bicyclic) bond motifs is 1. The molecule has 1 aromatic heterocycles. The summed E-state index contributed by atoms with van der Waals surface area (Å²) in [4.78, 5) is 11.1. The number of rotatable bonds is 2. The predicted octanol–water partition coefficient (Wildman–Crippen LogP) is 1.84. The van der Waals surface area contributed by atoms with Crippen molar-refractivity contribution in [3.05, 3.63) is 11.9 Å². The van der Waals surface area contributed by atoms with Gasteiger partial charge < -0.3 is 10.3 Å². The molecule has 0 aromatic carbocycles. The SMILES string of the molecule is Cc1c(NN)ncnc1N1CCC2CCCCC21. The first-order chi connectivity index (χ1) is 8.81. The fourth-order valence-corrected chi connectivity index (χ4v) is 3.54. The van der Waals surface area contributed by atoms with Gasteiger partial charge in [0.15, 0.2) is 0 Å². The maximum absolute atomic E-state index is 5.49. The molecule has 2 heterocycles. The van der Waals surface area contributed by atoms with Crippen molar-refractivity contribution in [1.82, 2.24) is 9.97 Å². The van der Waals surface area contributed by atoms with E-state index in [0.29, 0.717) is 6.04 Å². The number of hydrogen-bond acceptors (Lipinski definition) is 5. The zero-order valence-electron chi connectivity index (χ0n) is 10.9. The third kappa shape index (κ3) is 1.82. The molecule has 1 aromatic rings. The number of hydrogen-bond donors (Lipinski definition) is 2. The van der Waals surface area contributed by atoms with E-state index in [2.05, 4.69) is 20.3 Å². The molecule has 2 unspecified atom stereocenters. The lowest BCUT2D eigenvalue weighted by Gasteiger charge is -2.33. The van der Waals surface area contributed by atoms with E-state index in [1.165, 1.54) is 32.1 Å². The van der Waals surface area contributed by atoms with Gasteiger partial charge in [-0.25, -0.2) is 15.8 Å². The fourth-order valence-electron chi connectivity index (χ4n) is 3.54. The second-order valence-corrected chi connectivity index (χ2v) is 5.41. The number of aromatic nitrogens is 2. The van der Waals surface area contributed by atoms with Crippen molar-refractivity contribution in [2.45, 2.75) is 45.1 Å². The summed E-state index contributed by atoms with van der Waals surface area (Å²) in [6, 6.07) is 0.679. The molecule has 2 aliphatic rings. The second kappa shape index (κ2) is 4.72. The summed E-state index contributed by atoms with van der Waals surface area (Å²) in [5.74, 6) is 8.15. The number of hydrazine groups is 1. The second-order valence-electron chi connectivity index (χ2n) is 5.41.